The van der Waals surface area contributed by atoms with Crippen molar-refractivity contribution in [1.82, 2.24) is 9.97 Å². The number of aromatic amines is 1. The summed E-state index contributed by atoms with van der Waals surface area (Å²) in [4.78, 5) is 17.3. The highest BCUT2D eigenvalue weighted by Crippen LogP contribution is 2.35. The van der Waals surface area contributed by atoms with Gasteiger partial charge in [-0.2, -0.15) is 18.2 Å². The molecule has 4 nitrogen and oxygen atoms in total. The van der Waals surface area contributed by atoms with Gasteiger partial charge in [0.1, 0.15) is 0 Å². The van der Waals surface area contributed by atoms with Crippen LogP contribution in [-0.4, -0.2) is 9.97 Å². The van der Waals surface area contributed by atoms with E-state index in [-0.39, 0.29) is 16.8 Å². The van der Waals surface area contributed by atoms with E-state index in [2.05, 4.69) is 9.97 Å². The molecule has 0 saturated carbocycles. The fourth-order valence-electron chi connectivity index (χ4n) is 2.01. The minimum Gasteiger partial charge on any atom is -0.463 e. The fraction of sp³-hybridized carbons (Fsp3) is 0.0769. The van der Waals surface area contributed by atoms with Crippen molar-refractivity contribution in [2.45, 2.75) is 6.18 Å². The number of hydrogen-bond donors (Lipinski definition) is 1. The number of hydrogen-bond acceptors (Lipinski definition) is 3. The Bertz CT molecular complexity index is 820. The summed E-state index contributed by atoms with van der Waals surface area (Å²) in [6, 6.07) is 6.72. The van der Waals surface area contributed by atoms with Crippen molar-refractivity contribution >= 4 is 10.9 Å². The first-order valence-electron chi connectivity index (χ1n) is 5.61. The maximum Gasteiger partial charge on any atom is 0.418 e. The molecule has 0 bridgehead atoms. The van der Waals surface area contributed by atoms with E-state index in [0.717, 1.165) is 6.07 Å². The normalized spacial score (nSPS) is 11.9. The van der Waals surface area contributed by atoms with Crippen LogP contribution in [0.25, 0.3) is 22.4 Å². The average molecular weight is 280 g/mol. The Morgan fingerprint density at radius 2 is 1.95 bits per heavy atom. The highest BCUT2D eigenvalue weighted by molar-refractivity contribution is 5.92. The summed E-state index contributed by atoms with van der Waals surface area (Å²) in [5.41, 5.74) is -2.03. The zero-order valence-corrected chi connectivity index (χ0v) is 9.86. The topological polar surface area (TPSA) is 58.9 Å². The Labute approximate surface area is 109 Å². The highest BCUT2D eigenvalue weighted by Gasteiger charge is 2.33. The van der Waals surface area contributed by atoms with Gasteiger partial charge in [0.05, 0.1) is 23.0 Å². The zero-order chi connectivity index (χ0) is 14.3. The van der Waals surface area contributed by atoms with Gasteiger partial charge in [0, 0.05) is 5.39 Å². The molecule has 0 saturated heterocycles. The molecule has 3 aromatic rings. The molecule has 0 amide bonds. The summed E-state index contributed by atoms with van der Waals surface area (Å²) >= 11 is 0. The van der Waals surface area contributed by atoms with Crippen molar-refractivity contribution in [2.75, 3.05) is 0 Å². The van der Waals surface area contributed by atoms with Gasteiger partial charge in [0.25, 0.3) is 0 Å². The van der Waals surface area contributed by atoms with Crippen molar-refractivity contribution in [3.8, 4) is 11.5 Å². The van der Waals surface area contributed by atoms with Crippen LogP contribution in [0.1, 0.15) is 5.56 Å². The van der Waals surface area contributed by atoms with Crippen molar-refractivity contribution < 1.29 is 17.6 Å². The van der Waals surface area contributed by atoms with Crippen molar-refractivity contribution in [3.63, 3.8) is 0 Å². The second-order valence-electron chi connectivity index (χ2n) is 4.09. The molecule has 2 heterocycles. The monoisotopic (exact) mass is 280 g/mol. The van der Waals surface area contributed by atoms with E-state index in [1.54, 1.807) is 12.1 Å². The third-order valence-electron chi connectivity index (χ3n) is 2.82. The van der Waals surface area contributed by atoms with Gasteiger partial charge in [-0.3, -0.25) is 0 Å². The van der Waals surface area contributed by atoms with Gasteiger partial charge in [0.2, 0.25) is 0 Å². The first-order valence-corrected chi connectivity index (χ1v) is 5.61. The Kier molecular flexibility index (Phi) is 2.63. The first kappa shape index (κ1) is 12.5. The number of nitrogens with one attached hydrogen (secondary N) is 1. The Morgan fingerprint density at radius 1 is 1.15 bits per heavy atom. The summed E-state index contributed by atoms with van der Waals surface area (Å²) in [5, 5.41) is 0.175. The maximum absolute atomic E-state index is 12.9. The van der Waals surface area contributed by atoms with E-state index in [1.807, 2.05) is 0 Å². The molecule has 1 aromatic carbocycles. The lowest BCUT2D eigenvalue weighted by Gasteiger charge is -2.10. The number of aromatic nitrogens is 2. The number of rotatable bonds is 1. The van der Waals surface area contributed by atoms with Crippen LogP contribution in [0.15, 0.2) is 45.8 Å². The second kappa shape index (κ2) is 4.22. The van der Waals surface area contributed by atoms with Gasteiger partial charge in [0.15, 0.2) is 5.76 Å². The van der Waals surface area contributed by atoms with Gasteiger partial charge in [-0.15, -0.1) is 0 Å². The number of fused-ring (bicyclic) bond motifs is 1. The van der Waals surface area contributed by atoms with Gasteiger partial charge >= 0.3 is 11.9 Å². The van der Waals surface area contributed by atoms with E-state index in [9.17, 15) is 18.0 Å². The van der Waals surface area contributed by atoms with Gasteiger partial charge in [-0.05, 0) is 18.2 Å². The van der Waals surface area contributed by atoms with Crippen LogP contribution >= 0.6 is 0 Å². The smallest absolute Gasteiger partial charge is 0.418 e. The molecule has 0 aliphatic rings. The van der Waals surface area contributed by atoms with Crippen LogP contribution in [0, 0.1) is 0 Å². The molecule has 0 aliphatic carbocycles. The van der Waals surface area contributed by atoms with Crippen LogP contribution in [0.2, 0.25) is 0 Å². The predicted molar refractivity (Wildman–Crippen MR) is 65.1 cm³/mol. The Morgan fingerprint density at radius 3 is 2.60 bits per heavy atom. The maximum atomic E-state index is 12.9. The van der Waals surface area contributed by atoms with Crippen molar-refractivity contribution in [3.05, 3.63) is 52.6 Å². The minimum absolute atomic E-state index is 0.175. The molecule has 2 aromatic heterocycles. The van der Waals surface area contributed by atoms with Crippen LogP contribution in [-0.2, 0) is 6.18 Å². The van der Waals surface area contributed by atoms with Gasteiger partial charge < -0.3 is 9.40 Å². The van der Waals surface area contributed by atoms with Gasteiger partial charge in [-0.25, -0.2) is 4.79 Å². The summed E-state index contributed by atoms with van der Waals surface area (Å²) < 4.78 is 44.0. The largest absolute Gasteiger partial charge is 0.463 e. The minimum atomic E-state index is -4.58. The lowest BCUT2D eigenvalue weighted by molar-refractivity contribution is -0.136. The second-order valence-corrected chi connectivity index (χ2v) is 4.09. The fourth-order valence-corrected chi connectivity index (χ4v) is 2.01. The molecule has 0 aliphatic heterocycles. The van der Waals surface area contributed by atoms with Crippen LogP contribution in [0.3, 0.4) is 0 Å². The number of alkyl halides is 3. The molecule has 0 radical (unpaired) electrons. The molecular formula is C13H7F3N2O2. The molecule has 0 fully saturated rings. The molecule has 0 atom stereocenters. The summed E-state index contributed by atoms with van der Waals surface area (Å²) in [6.07, 6.45) is -3.21. The molecule has 3 rings (SSSR count). The van der Waals surface area contributed by atoms with E-state index in [4.69, 9.17) is 4.42 Å². The molecule has 20 heavy (non-hydrogen) atoms. The van der Waals surface area contributed by atoms with Crippen LogP contribution in [0.5, 0.6) is 0 Å². The predicted octanol–water partition coefficient (Wildman–Crippen LogP) is 3.20. The lowest BCUT2D eigenvalue weighted by atomic mass is 10.1. The Balaban J connectivity index is 2.42. The number of benzene rings is 1. The van der Waals surface area contributed by atoms with E-state index >= 15 is 0 Å². The number of halogens is 3. The summed E-state index contributed by atoms with van der Waals surface area (Å²) in [5.74, 6) is 0.272. The van der Waals surface area contributed by atoms with Gasteiger partial charge in [-0.1, -0.05) is 12.1 Å². The van der Waals surface area contributed by atoms with Crippen molar-refractivity contribution in [2.24, 2.45) is 0 Å². The molecule has 0 unspecified atom stereocenters. The average Bonchev–Trinajstić information content (AvgIpc) is 2.89. The van der Waals surface area contributed by atoms with E-state index < -0.39 is 22.9 Å². The summed E-state index contributed by atoms with van der Waals surface area (Å²) in [6.45, 7) is 0. The number of nitrogens with zero attached hydrogens (tertiary/aromatic N) is 1. The van der Waals surface area contributed by atoms with E-state index in [0.29, 0.717) is 0 Å². The molecule has 102 valence electrons. The number of para-hydroxylation sites is 1. The van der Waals surface area contributed by atoms with Crippen LogP contribution in [0.4, 0.5) is 13.2 Å². The van der Waals surface area contributed by atoms with E-state index in [1.165, 1.54) is 18.4 Å². The third kappa shape index (κ3) is 1.97. The zero-order valence-electron chi connectivity index (χ0n) is 9.86. The van der Waals surface area contributed by atoms with Crippen molar-refractivity contribution in [1.29, 1.82) is 0 Å². The van der Waals surface area contributed by atoms with Crippen LogP contribution < -0.4 is 5.69 Å². The standard InChI is InChI=1S/C13H7F3N2O2/c14-13(15,16)8-4-1-3-7-10(8)17-12(19)18-11(7)9-5-2-6-20-9/h1-6H,(H,17,18,19). The molecule has 0 spiro atoms. The molecule has 1 N–H and O–H groups in total. The molecular weight excluding hydrogens is 273 g/mol. The highest BCUT2D eigenvalue weighted by atomic mass is 19.4. The molecule has 7 heteroatoms. The number of H-pyrrole nitrogens is 1. The number of furan rings is 1. The quantitative estimate of drug-likeness (QED) is 0.744. The summed E-state index contributed by atoms with van der Waals surface area (Å²) in [7, 11) is 0. The lowest BCUT2D eigenvalue weighted by Crippen LogP contribution is -2.15. The Hall–Kier alpha value is -2.57. The first-order chi connectivity index (χ1) is 9.47. The third-order valence-corrected chi connectivity index (χ3v) is 2.82. The SMILES string of the molecule is O=c1nc2c(C(F)(F)F)cccc2c(-c2ccco2)[nH]1.